The highest BCUT2D eigenvalue weighted by molar-refractivity contribution is 5.96. The number of pyridine rings is 1. The quantitative estimate of drug-likeness (QED) is 0.776. The molecule has 1 heterocycles. The Hall–Kier alpha value is -2.17. The summed E-state index contributed by atoms with van der Waals surface area (Å²) >= 11 is 0. The molecule has 1 fully saturated rings. The minimum atomic E-state index is -1.21. The van der Waals surface area contributed by atoms with Crippen molar-refractivity contribution in [3.8, 4) is 0 Å². The molecular formula is C13H13NO4. The minimum absolute atomic E-state index is 0.127. The van der Waals surface area contributed by atoms with Gasteiger partial charge in [-0.1, -0.05) is 6.07 Å². The van der Waals surface area contributed by atoms with Crippen molar-refractivity contribution in [2.45, 2.75) is 25.2 Å². The first-order valence-corrected chi connectivity index (χ1v) is 5.68. The van der Waals surface area contributed by atoms with Gasteiger partial charge in [-0.25, -0.2) is 4.79 Å². The Kier molecular flexibility index (Phi) is 3.41. The van der Waals surface area contributed by atoms with Crippen LogP contribution in [0.5, 0.6) is 0 Å². The molecule has 0 bridgehead atoms. The van der Waals surface area contributed by atoms with Gasteiger partial charge in [-0.2, -0.15) is 0 Å². The van der Waals surface area contributed by atoms with Crippen LogP contribution in [0.15, 0.2) is 23.9 Å². The molecule has 1 aliphatic rings. The van der Waals surface area contributed by atoms with E-state index >= 15 is 0 Å². The molecular weight excluding hydrogens is 234 g/mol. The van der Waals surface area contributed by atoms with Gasteiger partial charge in [0.05, 0.1) is 12.1 Å². The van der Waals surface area contributed by atoms with Crippen LogP contribution >= 0.6 is 0 Å². The third-order valence-corrected chi connectivity index (χ3v) is 2.78. The Bertz CT molecular complexity index is 517. The third-order valence-electron chi connectivity index (χ3n) is 2.78. The highest BCUT2D eigenvalue weighted by Gasteiger charge is 2.27. The van der Waals surface area contributed by atoms with E-state index in [1.54, 1.807) is 18.3 Å². The van der Waals surface area contributed by atoms with E-state index in [2.05, 4.69) is 4.98 Å². The molecule has 2 rings (SSSR count). The first kappa shape index (κ1) is 12.3. The molecule has 0 amide bonds. The van der Waals surface area contributed by atoms with Gasteiger partial charge >= 0.3 is 11.9 Å². The van der Waals surface area contributed by atoms with Crippen LogP contribution in [0, 0.1) is 0 Å². The van der Waals surface area contributed by atoms with Gasteiger partial charge in [-0.05, 0) is 30.5 Å². The van der Waals surface area contributed by atoms with Crippen molar-refractivity contribution in [2.24, 2.45) is 0 Å². The Morgan fingerprint density at radius 2 is 2.11 bits per heavy atom. The lowest BCUT2D eigenvalue weighted by molar-refractivity contribution is -0.139. The van der Waals surface area contributed by atoms with Crippen LogP contribution in [0.4, 0.5) is 0 Å². The van der Waals surface area contributed by atoms with E-state index in [0.29, 0.717) is 11.5 Å². The van der Waals surface area contributed by atoms with Crippen molar-refractivity contribution in [3.63, 3.8) is 0 Å². The molecule has 0 aliphatic heterocycles. The summed E-state index contributed by atoms with van der Waals surface area (Å²) in [6, 6.07) is 3.49. The average molecular weight is 247 g/mol. The fraction of sp³-hybridized carbons (Fsp3) is 0.308. The Balaban J connectivity index is 2.34. The largest absolute Gasteiger partial charge is 0.481 e. The molecule has 1 saturated carbocycles. The molecule has 0 radical (unpaired) electrons. The van der Waals surface area contributed by atoms with Crippen LogP contribution < -0.4 is 0 Å². The molecule has 0 saturated heterocycles. The minimum Gasteiger partial charge on any atom is -0.481 e. The summed E-state index contributed by atoms with van der Waals surface area (Å²) in [5.41, 5.74) is 1.44. The van der Waals surface area contributed by atoms with E-state index in [4.69, 9.17) is 10.2 Å². The molecule has 1 aliphatic carbocycles. The zero-order valence-electron chi connectivity index (χ0n) is 9.67. The molecule has 1 aromatic heterocycles. The SMILES string of the molecule is O=C(O)C/C(=C/c1cccnc1C1CC1)C(=O)O. The van der Waals surface area contributed by atoms with Crippen LogP contribution in [0.3, 0.4) is 0 Å². The number of aromatic nitrogens is 1. The Morgan fingerprint density at radius 1 is 1.39 bits per heavy atom. The normalized spacial score (nSPS) is 15.4. The summed E-state index contributed by atoms with van der Waals surface area (Å²) < 4.78 is 0. The van der Waals surface area contributed by atoms with E-state index in [9.17, 15) is 9.59 Å². The maximum Gasteiger partial charge on any atom is 0.332 e. The summed E-state index contributed by atoms with van der Waals surface area (Å²) in [7, 11) is 0. The van der Waals surface area contributed by atoms with Crippen molar-refractivity contribution >= 4 is 18.0 Å². The number of nitrogens with zero attached hydrogens (tertiary/aromatic N) is 1. The lowest BCUT2D eigenvalue weighted by Gasteiger charge is -2.04. The van der Waals surface area contributed by atoms with E-state index in [0.717, 1.165) is 18.5 Å². The average Bonchev–Trinajstić information content (AvgIpc) is 3.12. The molecule has 2 N–H and O–H groups in total. The van der Waals surface area contributed by atoms with Crippen molar-refractivity contribution in [2.75, 3.05) is 0 Å². The fourth-order valence-corrected chi connectivity index (χ4v) is 1.79. The topological polar surface area (TPSA) is 87.5 Å². The highest BCUT2D eigenvalue weighted by Crippen LogP contribution is 2.40. The molecule has 0 aromatic carbocycles. The molecule has 5 heteroatoms. The van der Waals surface area contributed by atoms with Crippen LogP contribution in [-0.4, -0.2) is 27.1 Å². The molecule has 0 spiro atoms. The summed E-state index contributed by atoms with van der Waals surface area (Å²) in [6.07, 6.45) is 4.70. The predicted octanol–water partition coefficient (Wildman–Crippen LogP) is 1.90. The van der Waals surface area contributed by atoms with Gasteiger partial charge in [0.1, 0.15) is 0 Å². The van der Waals surface area contributed by atoms with Crippen molar-refractivity contribution in [1.29, 1.82) is 0 Å². The van der Waals surface area contributed by atoms with Crippen molar-refractivity contribution in [3.05, 3.63) is 35.2 Å². The van der Waals surface area contributed by atoms with Gasteiger partial charge in [-0.3, -0.25) is 9.78 Å². The zero-order chi connectivity index (χ0) is 13.1. The number of carbonyl (C=O) groups is 2. The van der Waals surface area contributed by atoms with E-state index < -0.39 is 18.4 Å². The number of carboxylic acids is 2. The molecule has 94 valence electrons. The number of aliphatic carboxylic acids is 2. The van der Waals surface area contributed by atoms with Crippen molar-refractivity contribution in [1.82, 2.24) is 4.98 Å². The van der Waals surface area contributed by atoms with E-state index in [1.807, 2.05) is 0 Å². The number of hydrogen-bond acceptors (Lipinski definition) is 3. The summed E-state index contributed by atoms with van der Waals surface area (Å²) in [4.78, 5) is 25.8. The second-order valence-electron chi connectivity index (χ2n) is 4.30. The molecule has 0 unspecified atom stereocenters. The highest BCUT2D eigenvalue weighted by atomic mass is 16.4. The lowest BCUT2D eigenvalue weighted by atomic mass is 10.0. The van der Waals surface area contributed by atoms with E-state index in [-0.39, 0.29) is 5.57 Å². The van der Waals surface area contributed by atoms with Gasteiger partial charge in [-0.15, -0.1) is 0 Å². The molecule has 5 nitrogen and oxygen atoms in total. The predicted molar refractivity (Wildman–Crippen MR) is 64.1 cm³/mol. The standard InChI is InChI=1S/C13H13NO4/c15-11(16)7-10(13(17)18)6-9-2-1-5-14-12(9)8-3-4-8/h1-2,5-6,8H,3-4,7H2,(H,15,16)(H,17,18)/b10-6-. The smallest absolute Gasteiger partial charge is 0.332 e. The van der Waals surface area contributed by atoms with Crippen LogP contribution in [0.1, 0.15) is 36.4 Å². The third kappa shape index (κ3) is 2.94. The summed E-state index contributed by atoms with van der Waals surface area (Å²) in [5, 5.41) is 17.7. The van der Waals surface area contributed by atoms with Gasteiger partial charge in [0.15, 0.2) is 0 Å². The summed E-state index contributed by atoms with van der Waals surface area (Å²) in [5.74, 6) is -1.97. The first-order chi connectivity index (χ1) is 8.58. The fourth-order valence-electron chi connectivity index (χ4n) is 1.79. The molecule has 0 atom stereocenters. The zero-order valence-corrected chi connectivity index (χ0v) is 9.67. The second-order valence-corrected chi connectivity index (χ2v) is 4.30. The van der Waals surface area contributed by atoms with E-state index in [1.165, 1.54) is 6.08 Å². The van der Waals surface area contributed by atoms with Gasteiger partial charge in [0.2, 0.25) is 0 Å². The monoisotopic (exact) mass is 247 g/mol. The maximum absolute atomic E-state index is 11.0. The van der Waals surface area contributed by atoms with Gasteiger partial charge in [0.25, 0.3) is 0 Å². The van der Waals surface area contributed by atoms with Gasteiger partial charge in [0, 0.05) is 17.7 Å². The number of carboxylic acid groups (broad SMARTS) is 2. The first-order valence-electron chi connectivity index (χ1n) is 5.68. The lowest BCUT2D eigenvalue weighted by Crippen LogP contribution is -2.07. The molecule has 18 heavy (non-hydrogen) atoms. The Labute approximate surface area is 104 Å². The molecule has 1 aromatic rings. The van der Waals surface area contributed by atoms with Crippen molar-refractivity contribution < 1.29 is 19.8 Å². The maximum atomic E-state index is 11.0. The second kappa shape index (κ2) is 5.00. The number of hydrogen-bond donors (Lipinski definition) is 2. The Morgan fingerprint density at radius 3 is 2.67 bits per heavy atom. The number of rotatable bonds is 5. The van der Waals surface area contributed by atoms with Crippen LogP contribution in [0.2, 0.25) is 0 Å². The van der Waals surface area contributed by atoms with Crippen LogP contribution in [-0.2, 0) is 9.59 Å². The van der Waals surface area contributed by atoms with Gasteiger partial charge < -0.3 is 10.2 Å². The van der Waals surface area contributed by atoms with Crippen LogP contribution in [0.25, 0.3) is 6.08 Å². The summed E-state index contributed by atoms with van der Waals surface area (Å²) in [6.45, 7) is 0.